The molecule has 5 heteroatoms. The zero-order valence-electron chi connectivity index (χ0n) is 12.6. The molecule has 22 heavy (non-hydrogen) atoms. The predicted octanol–water partition coefficient (Wildman–Crippen LogP) is 1.97. The molecule has 0 bridgehead atoms. The van der Waals surface area contributed by atoms with E-state index in [0.717, 1.165) is 12.8 Å². The molecular formula is C17H21FN2O2. The number of hydrogen-bond donors (Lipinski definition) is 1. The second kappa shape index (κ2) is 5.71. The molecule has 2 N–H and O–H groups in total. The molecule has 118 valence electrons. The highest BCUT2D eigenvalue weighted by Gasteiger charge is 2.47. The van der Waals surface area contributed by atoms with E-state index in [2.05, 4.69) is 0 Å². The summed E-state index contributed by atoms with van der Waals surface area (Å²) in [6, 6.07) is 6.56. The Labute approximate surface area is 129 Å². The summed E-state index contributed by atoms with van der Waals surface area (Å²) in [7, 11) is 0. The molecule has 0 unspecified atom stereocenters. The number of amides is 2. The number of nitrogens with zero attached hydrogens (tertiary/aromatic N) is 1. The minimum Gasteiger partial charge on any atom is -0.369 e. The monoisotopic (exact) mass is 304 g/mol. The number of benzene rings is 1. The van der Waals surface area contributed by atoms with Crippen molar-refractivity contribution in [1.29, 1.82) is 0 Å². The summed E-state index contributed by atoms with van der Waals surface area (Å²) in [4.78, 5) is 26.1. The lowest BCUT2D eigenvalue weighted by Gasteiger charge is -2.33. The largest absolute Gasteiger partial charge is 0.369 e. The van der Waals surface area contributed by atoms with Crippen LogP contribution in [0.2, 0.25) is 0 Å². The van der Waals surface area contributed by atoms with Gasteiger partial charge in [0.2, 0.25) is 11.8 Å². The van der Waals surface area contributed by atoms with E-state index < -0.39 is 5.41 Å². The van der Waals surface area contributed by atoms with Gasteiger partial charge in [-0.25, -0.2) is 4.39 Å². The molecule has 1 saturated carbocycles. The lowest BCUT2D eigenvalue weighted by atomic mass is 9.77. The Morgan fingerprint density at radius 2 is 1.91 bits per heavy atom. The third-order valence-corrected chi connectivity index (χ3v) is 5.13. The maximum Gasteiger partial charge on any atom is 0.233 e. The van der Waals surface area contributed by atoms with E-state index in [4.69, 9.17) is 5.73 Å². The highest BCUT2D eigenvalue weighted by atomic mass is 19.1. The van der Waals surface area contributed by atoms with Gasteiger partial charge >= 0.3 is 0 Å². The van der Waals surface area contributed by atoms with Crippen molar-refractivity contribution in [1.82, 2.24) is 4.90 Å². The summed E-state index contributed by atoms with van der Waals surface area (Å²) in [5.74, 6) is -0.994. The SMILES string of the molecule is NC(=O)[C@H]1CCN(C(=O)C2(c3ccccc3F)CCCC2)C1. The van der Waals surface area contributed by atoms with Gasteiger partial charge in [-0.3, -0.25) is 9.59 Å². The van der Waals surface area contributed by atoms with Gasteiger partial charge in [-0.05, 0) is 25.3 Å². The molecule has 1 aliphatic heterocycles. The normalized spacial score (nSPS) is 23.7. The third-order valence-electron chi connectivity index (χ3n) is 5.13. The average molecular weight is 304 g/mol. The van der Waals surface area contributed by atoms with Crippen LogP contribution in [0.5, 0.6) is 0 Å². The van der Waals surface area contributed by atoms with Crippen molar-refractivity contribution in [3.63, 3.8) is 0 Å². The van der Waals surface area contributed by atoms with Crippen LogP contribution in [0.1, 0.15) is 37.7 Å². The van der Waals surface area contributed by atoms with Crippen LogP contribution in [-0.2, 0) is 15.0 Å². The summed E-state index contributed by atoms with van der Waals surface area (Å²) in [6.07, 6.45) is 3.80. The Hall–Kier alpha value is -1.91. The zero-order chi connectivity index (χ0) is 15.7. The van der Waals surface area contributed by atoms with Crippen LogP contribution < -0.4 is 5.73 Å². The fraction of sp³-hybridized carbons (Fsp3) is 0.529. The fourth-order valence-corrected chi connectivity index (χ4v) is 3.91. The van der Waals surface area contributed by atoms with Crippen molar-refractivity contribution < 1.29 is 14.0 Å². The van der Waals surface area contributed by atoms with E-state index in [1.54, 1.807) is 23.1 Å². The first kappa shape index (κ1) is 15.0. The van der Waals surface area contributed by atoms with Gasteiger partial charge in [0.1, 0.15) is 5.82 Å². The molecule has 1 atom stereocenters. The van der Waals surface area contributed by atoms with Gasteiger partial charge in [-0.2, -0.15) is 0 Å². The number of carbonyl (C=O) groups is 2. The summed E-state index contributed by atoms with van der Waals surface area (Å²) in [5, 5.41) is 0. The smallest absolute Gasteiger partial charge is 0.233 e. The first-order valence-corrected chi connectivity index (χ1v) is 7.88. The Morgan fingerprint density at radius 1 is 1.23 bits per heavy atom. The molecule has 0 aromatic heterocycles. The Kier molecular flexibility index (Phi) is 3.89. The molecule has 1 saturated heterocycles. The summed E-state index contributed by atoms with van der Waals surface area (Å²) in [5.41, 5.74) is 5.08. The van der Waals surface area contributed by atoms with Gasteiger partial charge in [0.05, 0.1) is 11.3 Å². The molecular weight excluding hydrogens is 283 g/mol. The molecule has 2 amide bonds. The maximum atomic E-state index is 14.3. The predicted molar refractivity (Wildman–Crippen MR) is 80.4 cm³/mol. The third kappa shape index (κ3) is 2.38. The van der Waals surface area contributed by atoms with Crippen LogP contribution in [0.15, 0.2) is 24.3 Å². The average Bonchev–Trinajstić information content (AvgIpc) is 3.17. The molecule has 1 aromatic carbocycles. The van der Waals surface area contributed by atoms with Gasteiger partial charge in [0.15, 0.2) is 0 Å². The fourth-order valence-electron chi connectivity index (χ4n) is 3.91. The van der Waals surface area contributed by atoms with Crippen molar-refractivity contribution in [3.8, 4) is 0 Å². The number of rotatable bonds is 3. The maximum absolute atomic E-state index is 14.3. The lowest BCUT2D eigenvalue weighted by Crippen LogP contribution is -2.45. The molecule has 0 radical (unpaired) electrons. The van der Waals surface area contributed by atoms with E-state index in [1.165, 1.54) is 6.07 Å². The van der Waals surface area contributed by atoms with Gasteiger partial charge < -0.3 is 10.6 Å². The minimum absolute atomic E-state index is 0.0427. The lowest BCUT2D eigenvalue weighted by molar-refractivity contribution is -0.136. The molecule has 2 fully saturated rings. The molecule has 1 aromatic rings. The Balaban J connectivity index is 1.90. The summed E-state index contributed by atoms with van der Waals surface area (Å²) >= 11 is 0. The van der Waals surface area contributed by atoms with E-state index in [9.17, 15) is 14.0 Å². The number of nitrogens with two attached hydrogens (primary N) is 1. The van der Waals surface area contributed by atoms with Crippen molar-refractivity contribution in [3.05, 3.63) is 35.6 Å². The van der Waals surface area contributed by atoms with E-state index in [0.29, 0.717) is 37.9 Å². The summed E-state index contributed by atoms with van der Waals surface area (Å²) in [6.45, 7) is 0.896. The number of hydrogen-bond acceptors (Lipinski definition) is 2. The quantitative estimate of drug-likeness (QED) is 0.928. The van der Waals surface area contributed by atoms with Crippen LogP contribution in [0.4, 0.5) is 4.39 Å². The van der Waals surface area contributed by atoms with Crippen LogP contribution in [0.25, 0.3) is 0 Å². The zero-order valence-corrected chi connectivity index (χ0v) is 12.6. The van der Waals surface area contributed by atoms with Gasteiger partial charge in [0.25, 0.3) is 0 Å². The molecule has 4 nitrogen and oxygen atoms in total. The van der Waals surface area contributed by atoms with Crippen LogP contribution in [0.3, 0.4) is 0 Å². The topological polar surface area (TPSA) is 63.4 Å². The van der Waals surface area contributed by atoms with Crippen molar-refractivity contribution in [2.75, 3.05) is 13.1 Å². The highest BCUT2D eigenvalue weighted by Crippen LogP contribution is 2.44. The van der Waals surface area contributed by atoms with Gasteiger partial charge in [0, 0.05) is 18.7 Å². The van der Waals surface area contributed by atoms with Crippen molar-refractivity contribution in [2.24, 2.45) is 11.7 Å². The molecule has 1 aliphatic carbocycles. The van der Waals surface area contributed by atoms with Crippen molar-refractivity contribution >= 4 is 11.8 Å². The van der Waals surface area contributed by atoms with Crippen LogP contribution in [0, 0.1) is 11.7 Å². The number of likely N-dealkylation sites (tertiary alicyclic amines) is 1. The van der Waals surface area contributed by atoms with Crippen molar-refractivity contribution in [2.45, 2.75) is 37.5 Å². The van der Waals surface area contributed by atoms with Crippen LogP contribution in [-0.4, -0.2) is 29.8 Å². The molecule has 0 spiro atoms. The first-order chi connectivity index (χ1) is 10.5. The second-order valence-electron chi connectivity index (χ2n) is 6.41. The number of primary amides is 1. The highest BCUT2D eigenvalue weighted by molar-refractivity contribution is 5.90. The van der Waals surface area contributed by atoms with Gasteiger partial charge in [-0.1, -0.05) is 31.0 Å². The second-order valence-corrected chi connectivity index (χ2v) is 6.41. The minimum atomic E-state index is -0.766. The van der Waals surface area contributed by atoms with Crippen LogP contribution >= 0.6 is 0 Å². The first-order valence-electron chi connectivity index (χ1n) is 7.88. The van der Waals surface area contributed by atoms with E-state index in [-0.39, 0.29) is 23.5 Å². The summed E-state index contributed by atoms with van der Waals surface area (Å²) < 4.78 is 14.3. The molecule has 1 heterocycles. The Bertz CT molecular complexity index is 596. The number of carbonyl (C=O) groups excluding carboxylic acids is 2. The van der Waals surface area contributed by atoms with E-state index in [1.807, 2.05) is 0 Å². The van der Waals surface area contributed by atoms with E-state index >= 15 is 0 Å². The molecule has 2 aliphatic rings. The molecule has 3 rings (SSSR count). The standard InChI is InChI=1S/C17H21FN2O2/c18-14-6-2-1-5-13(14)17(8-3-4-9-17)16(22)20-10-7-12(11-20)15(19)21/h1-2,5-6,12H,3-4,7-11H2,(H2,19,21)/t12-/m0/s1. The van der Waals surface area contributed by atoms with Gasteiger partial charge in [-0.15, -0.1) is 0 Å². The number of halogens is 1. The Morgan fingerprint density at radius 3 is 2.50 bits per heavy atom.